The highest BCUT2D eigenvalue weighted by atomic mass is 16.5. The topological polar surface area (TPSA) is 109 Å². The van der Waals surface area contributed by atoms with Gasteiger partial charge in [0.25, 0.3) is 5.91 Å². The molecule has 1 saturated heterocycles. The van der Waals surface area contributed by atoms with Crippen LogP contribution in [0.15, 0.2) is 42.5 Å². The lowest BCUT2D eigenvalue weighted by Gasteiger charge is -2.20. The first-order chi connectivity index (χ1) is 14.9. The average molecular weight is 426 g/mol. The number of nitrogens with zero attached hydrogens (tertiary/aromatic N) is 1. The Balaban J connectivity index is 1.53. The minimum atomic E-state index is -0.603. The van der Waals surface area contributed by atoms with Gasteiger partial charge in [-0.15, -0.1) is 0 Å². The average Bonchev–Trinajstić information content (AvgIpc) is 3.18. The number of benzene rings is 2. The molecule has 1 heterocycles. The van der Waals surface area contributed by atoms with E-state index < -0.39 is 17.7 Å². The Bertz CT molecular complexity index is 961. The molecule has 3 N–H and O–H groups in total. The molecule has 2 aromatic carbocycles. The van der Waals surface area contributed by atoms with E-state index in [2.05, 4.69) is 16.2 Å². The Morgan fingerprint density at radius 2 is 1.81 bits per heavy atom. The molecule has 0 radical (unpaired) electrons. The number of hydrogen-bond donors (Lipinski definition) is 3. The van der Waals surface area contributed by atoms with Crippen LogP contribution in [-0.2, 0) is 14.4 Å². The zero-order chi connectivity index (χ0) is 22.4. The Hall–Kier alpha value is -3.75. The van der Waals surface area contributed by atoms with Gasteiger partial charge in [0, 0.05) is 24.7 Å². The summed E-state index contributed by atoms with van der Waals surface area (Å²) in [6.45, 7) is 2.15. The number of anilines is 2. The molecule has 1 atom stereocenters. The zero-order valence-corrected chi connectivity index (χ0v) is 17.7. The molecule has 0 aromatic heterocycles. The van der Waals surface area contributed by atoms with E-state index in [4.69, 9.17) is 9.47 Å². The van der Waals surface area contributed by atoms with Crippen LogP contribution in [0.2, 0.25) is 0 Å². The Labute approximate surface area is 180 Å². The van der Waals surface area contributed by atoms with E-state index in [0.717, 1.165) is 11.3 Å². The summed E-state index contributed by atoms with van der Waals surface area (Å²) in [5, 5.41) is 2.97. The number of ether oxygens (including phenoxy) is 2. The molecule has 1 fully saturated rings. The first-order valence-corrected chi connectivity index (χ1v) is 9.83. The summed E-state index contributed by atoms with van der Waals surface area (Å²) in [6, 6.07) is 12.7. The molecule has 1 aliphatic rings. The summed E-state index contributed by atoms with van der Waals surface area (Å²) in [5.41, 5.74) is 7.23. The van der Waals surface area contributed by atoms with Crippen molar-refractivity contribution in [3.8, 4) is 11.5 Å². The number of methoxy groups -OCH3 is 2. The quantitative estimate of drug-likeness (QED) is 0.581. The fourth-order valence-electron chi connectivity index (χ4n) is 3.26. The molecule has 9 nitrogen and oxygen atoms in total. The third-order valence-electron chi connectivity index (χ3n) is 5.00. The molecule has 164 valence electrons. The van der Waals surface area contributed by atoms with Crippen molar-refractivity contribution in [1.82, 2.24) is 10.9 Å². The van der Waals surface area contributed by atoms with Crippen molar-refractivity contribution >= 4 is 29.1 Å². The van der Waals surface area contributed by atoms with E-state index >= 15 is 0 Å². The van der Waals surface area contributed by atoms with Gasteiger partial charge in [0.2, 0.25) is 11.8 Å². The second-order valence-electron chi connectivity index (χ2n) is 7.20. The molecular weight excluding hydrogens is 400 g/mol. The normalized spacial score (nSPS) is 15.4. The lowest BCUT2D eigenvalue weighted by atomic mass is 10.1. The number of amides is 3. The van der Waals surface area contributed by atoms with Crippen molar-refractivity contribution in [2.45, 2.75) is 13.3 Å². The zero-order valence-electron chi connectivity index (χ0n) is 17.7. The number of carbonyl (C=O) groups excluding carboxylic acids is 3. The molecule has 1 aliphatic heterocycles. The maximum absolute atomic E-state index is 12.5. The van der Waals surface area contributed by atoms with Gasteiger partial charge in [-0.3, -0.25) is 25.2 Å². The van der Waals surface area contributed by atoms with Gasteiger partial charge in [-0.25, -0.2) is 0 Å². The molecule has 3 amide bonds. The van der Waals surface area contributed by atoms with Crippen LogP contribution in [0.1, 0.15) is 12.0 Å². The third kappa shape index (κ3) is 5.44. The van der Waals surface area contributed by atoms with Crippen LogP contribution in [0, 0.1) is 12.8 Å². The van der Waals surface area contributed by atoms with Crippen molar-refractivity contribution in [2.75, 3.05) is 37.5 Å². The maximum Gasteiger partial charge on any atom is 0.257 e. The highest BCUT2D eigenvalue weighted by Crippen LogP contribution is 2.36. The minimum Gasteiger partial charge on any atom is -0.497 e. The minimum absolute atomic E-state index is 0.0000714. The van der Waals surface area contributed by atoms with Gasteiger partial charge in [-0.05, 0) is 31.2 Å². The van der Waals surface area contributed by atoms with Crippen LogP contribution >= 0.6 is 0 Å². The second kappa shape index (κ2) is 9.84. The predicted octanol–water partition coefficient (Wildman–Crippen LogP) is 1.62. The van der Waals surface area contributed by atoms with Gasteiger partial charge in [0.15, 0.2) is 0 Å². The molecule has 9 heteroatoms. The van der Waals surface area contributed by atoms with Gasteiger partial charge in [-0.1, -0.05) is 17.7 Å². The lowest BCUT2D eigenvalue weighted by molar-refractivity contribution is -0.130. The number of carbonyl (C=O) groups is 3. The fraction of sp³-hybridized carbons (Fsp3) is 0.318. The number of aryl methyl sites for hydroxylation is 1. The first-order valence-electron chi connectivity index (χ1n) is 9.83. The smallest absolute Gasteiger partial charge is 0.257 e. The van der Waals surface area contributed by atoms with Gasteiger partial charge in [0.05, 0.1) is 32.4 Å². The van der Waals surface area contributed by atoms with Crippen LogP contribution < -0.4 is 30.5 Å². The van der Waals surface area contributed by atoms with Gasteiger partial charge in [0.1, 0.15) is 11.5 Å². The van der Waals surface area contributed by atoms with Gasteiger partial charge < -0.3 is 19.7 Å². The van der Waals surface area contributed by atoms with Crippen LogP contribution in [0.3, 0.4) is 0 Å². The molecule has 3 rings (SSSR count). The standard InChI is InChI=1S/C22H26N4O5/c1-14-4-6-16(7-5-14)23-12-20(27)24-25-22(29)15-10-21(28)26(13-15)18-11-17(30-2)8-9-19(18)31-3/h4-9,11,15,23H,10,12-13H2,1-3H3,(H,24,27)(H,25,29). The highest BCUT2D eigenvalue weighted by Gasteiger charge is 2.36. The van der Waals surface area contributed by atoms with Crippen molar-refractivity contribution in [3.63, 3.8) is 0 Å². The molecule has 31 heavy (non-hydrogen) atoms. The highest BCUT2D eigenvalue weighted by molar-refractivity contribution is 6.01. The Kier molecular flexibility index (Phi) is 6.96. The van der Waals surface area contributed by atoms with Crippen LogP contribution in [0.5, 0.6) is 11.5 Å². The number of rotatable bonds is 7. The first kappa shape index (κ1) is 21.9. The molecular formula is C22H26N4O5. The molecule has 2 aromatic rings. The van der Waals surface area contributed by atoms with Gasteiger partial charge in [-0.2, -0.15) is 0 Å². The molecule has 0 spiro atoms. The largest absolute Gasteiger partial charge is 0.497 e. The molecule has 0 bridgehead atoms. The van der Waals surface area contributed by atoms with Crippen molar-refractivity contribution in [1.29, 1.82) is 0 Å². The van der Waals surface area contributed by atoms with E-state index in [1.54, 1.807) is 18.2 Å². The van der Waals surface area contributed by atoms with E-state index in [-0.39, 0.29) is 25.4 Å². The summed E-state index contributed by atoms with van der Waals surface area (Å²) in [7, 11) is 3.04. The maximum atomic E-state index is 12.5. The van der Waals surface area contributed by atoms with Crippen molar-refractivity contribution in [3.05, 3.63) is 48.0 Å². The van der Waals surface area contributed by atoms with E-state index in [1.165, 1.54) is 19.1 Å². The predicted molar refractivity (Wildman–Crippen MR) is 116 cm³/mol. The van der Waals surface area contributed by atoms with E-state index in [9.17, 15) is 14.4 Å². The van der Waals surface area contributed by atoms with Crippen LogP contribution in [-0.4, -0.2) is 45.0 Å². The third-order valence-corrected chi connectivity index (χ3v) is 5.00. The second-order valence-corrected chi connectivity index (χ2v) is 7.20. The molecule has 0 aliphatic carbocycles. The van der Waals surface area contributed by atoms with Crippen molar-refractivity contribution < 1.29 is 23.9 Å². The van der Waals surface area contributed by atoms with Crippen LogP contribution in [0.4, 0.5) is 11.4 Å². The summed E-state index contributed by atoms with van der Waals surface area (Å²) in [4.78, 5) is 38.5. The Morgan fingerprint density at radius 3 is 2.48 bits per heavy atom. The fourth-order valence-corrected chi connectivity index (χ4v) is 3.26. The summed E-state index contributed by atoms with van der Waals surface area (Å²) < 4.78 is 10.6. The number of hydrazine groups is 1. The van der Waals surface area contributed by atoms with E-state index in [1.807, 2.05) is 31.2 Å². The molecule has 1 unspecified atom stereocenters. The molecule has 0 saturated carbocycles. The number of hydrogen-bond acceptors (Lipinski definition) is 6. The van der Waals surface area contributed by atoms with Crippen LogP contribution in [0.25, 0.3) is 0 Å². The summed E-state index contributed by atoms with van der Waals surface area (Å²) >= 11 is 0. The lowest BCUT2D eigenvalue weighted by Crippen LogP contribution is -2.47. The monoisotopic (exact) mass is 426 g/mol. The summed E-state index contributed by atoms with van der Waals surface area (Å²) in [6.07, 6.45) is 0.0314. The van der Waals surface area contributed by atoms with Crippen molar-refractivity contribution in [2.24, 2.45) is 5.92 Å². The Morgan fingerprint density at radius 1 is 1.06 bits per heavy atom. The summed E-state index contributed by atoms with van der Waals surface area (Å²) in [5.74, 6) is -0.561. The van der Waals surface area contributed by atoms with Gasteiger partial charge >= 0.3 is 0 Å². The number of nitrogens with one attached hydrogen (secondary N) is 3. The van der Waals surface area contributed by atoms with E-state index in [0.29, 0.717) is 17.2 Å². The SMILES string of the molecule is COc1ccc(OC)c(N2CC(C(=O)NNC(=O)CNc3ccc(C)cc3)CC2=O)c1.